The number of aliphatic carboxylic acids is 3. The lowest BCUT2D eigenvalue weighted by Crippen LogP contribution is -2.50. The van der Waals surface area contributed by atoms with Gasteiger partial charge in [0.05, 0.1) is 350 Å². The van der Waals surface area contributed by atoms with Gasteiger partial charge < -0.3 is 139 Å². The maximum absolute atomic E-state index is 13.6. The fourth-order valence-electron chi connectivity index (χ4n) is 9.43. The number of carbonyl (C=O) groups excluding carboxylic acids is 2. The predicted octanol–water partition coefficient (Wildman–Crippen LogP) is -0.472. The number of ether oxygens (including phenoxy) is 25. The van der Waals surface area contributed by atoms with E-state index in [0.717, 1.165) is 0 Å². The van der Waals surface area contributed by atoms with Gasteiger partial charge in [0.15, 0.2) is 11.6 Å². The van der Waals surface area contributed by atoms with Gasteiger partial charge in [-0.25, -0.2) is 8.78 Å². The molecule has 0 spiro atoms. The minimum Gasteiger partial charge on any atom is -0.480 e. The summed E-state index contributed by atoms with van der Waals surface area (Å²) in [6, 6.07) is 0.0135. The summed E-state index contributed by atoms with van der Waals surface area (Å²) in [6.07, 6.45) is -0.407. The fourth-order valence-corrected chi connectivity index (χ4v) is 9.43. The highest BCUT2D eigenvalue weighted by molar-refractivity contribution is 5.78. The van der Waals surface area contributed by atoms with E-state index in [2.05, 4.69) is 10.1 Å². The zero-order chi connectivity index (χ0) is 83.0. The molecule has 1 aliphatic heterocycles. The van der Waals surface area contributed by atoms with Crippen molar-refractivity contribution in [2.45, 2.75) is 6.42 Å². The van der Waals surface area contributed by atoms with Crippen molar-refractivity contribution in [3.8, 4) is 5.75 Å². The summed E-state index contributed by atoms with van der Waals surface area (Å²) in [5, 5.41) is 31.0. The van der Waals surface area contributed by atoms with Crippen molar-refractivity contribution >= 4 is 29.8 Å². The minimum atomic E-state index is -1.80. The van der Waals surface area contributed by atoms with Crippen molar-refractivity contribution < 1.29 is 175 Å². The number of amides is 1. The first-order valence-corrected chi connectivity index (χ1v) is 39.0. The van der Waals surface area contributed by atoms with E-state index in [1.54, 1.807) is 14.7 Å². The van der Waals surface area contributed by atoms with Crippen LogP contribution in [0.5, 0.6) is 5.75 Å². The molecule has 2 rings (SSSR count). The molecule has 0 saturated carbocycles. The van der Waals surface area contributed by atoms with E-state index < -0.39 is 59.3 Å². The van der Waals surface area contributed by atoms with Gasteiger partial charge in [0.1, 0.15) is 0 Å². The molecule has 1 amide bonds. The zero-order valence-electron chi connectivity index (χ0n) is 66.8. The summed E-state index contributed by atoms with van der Waals surface area (Å²) >= 11 is 0. The van der Waals surface area contributed by atoms with Crippen LogP contribution in [0.1, 0.15) is 6.42 Å². The van der Waals surface area contributed by atoms with Gasteiger partial charge >= 0.3 is 23.9 Å². The Hall–Kier alpha value is -4.83. The molecule has 1 aliphatic rings. The van der Waals surface area contributed by atoms with Crippen molar-refractivity contribution in [3.05, 3.63) is 29.3 Å². The molecule has 1 aromatic carbocycles. The summed E-state index contributed by atoms with van der Waals surface area (Å²) < 4.78 is 190. The van der Waals surface area contributed by atoms with E-state index in [1.165, 1.54) is 0 Å². The van der Waals surface area contributed by atoms with E-state index in [-0.39, 0.29) is 90.8 Å². The van der Waals surface area contributed by atoms with Crippen LogP contribution in [0.2, 0.25) is 0 Å². The minimum absolute atomic E-state index is 0.0135. The normalized spacial score (nSPS) is 13.7. The molecule has 0 unspecified atom stereocenters. The second-order valence-electron chi connectivity index (χ2n) is 24.4. The third kappa shape index (κ3) is 70.7. The van der Waals surface area contributed by atoms with E-state index in [0.29, 0.717) is 323 Å². The molecule has 1 heterocycles. The van der Waals surface area contributed by atoms with Crippen LogP contribution in [0.4, 0.5) is 17.6 Å². The van der Waals surface area contributed by atoms with Crippen LogP contribution in [0.15, 0.2) is 6.07 Å². The third-order valence-electron chi connectivity index (χ3n) is 15.2. The lowest BCUT2D eigenvalue weighted by atomic mass is 10.3. The monoisotopic (exact) mass is 1680 g/mol. The van der Waals surface area contributed by atoms with E-state index >= 15 is 0 Å². The van der Waals surface area contributed by atoms with Gasteiger partial charge in [-0.3, -0.25) is 43.6 Å². The average molecular weight is 1680 g/mol. The SMILES string of the molecule is O=C(O)CN1CCN(CC(=O)O)CCN(CC(=O)NCCOCCOCCOCCOCCOCCOCCOCCOCCOCCOCCOCCOCCOCCOCCOCCOCCOCCOCCOCCOCCOCCOCCOCCOCCC(=O)Oc2c(F)c(F)cc(F)c2F)CCN(CC(=O)O)CC1. The van der Waals surface area contributed by atoms with Gasteiger partial charge in [-0.05, 0) is 0 Å². The van der Waals surface area contributed by atoms with Crippen LogP contribution in [0.3, 0.4) is 0 Å². The summed E-state index contributed by atoms with van der Waals surface area (Å²) in [7, 11) is 0. The molecule has 0 aliphatic carbocycles. The average Bonchev–Trinajstić information content (AvgIpc) is 0.820. The highest BCUT2D eigenvalue weighted by Gasteiger charge is 2.24. The van der Waals surface area contributed by atoms with Gasteiger partial charge in [0.2, 0.25) is 23.3 Å². The first-order chi connectivity index (χ1) is 56.2. The number of carboxylic acid groups (broad SMARTS) is 3. The quantitative estimate of drug-likeness (QED) is 0.0210. The van der Waals surface area contributed by atoms with Crippen molar-refractivity contribution in [1.82, 2.24) is 24.9 Å². The Morgan fingerprint density at radius 3 is 0.609 bits per heavy atom. The Bertz CT molecular complexity index is 2410. The number of halogens is 4. The van der Waals surface area contributed by atoms with Crippen molar-refractivity contribution in [2.75, 3.05) is 402 Å². The Morgan fingerprint density at radius 1 is 0.261 bits per heavy atom. The Balaban J connectivity index is 1.16. The van der Waals surface area contributed by atoms with Crippen LogP contribution in [0, 0.1) is 23.3 Å². The Morgan fingerprint density at radius 2 is 0.426 bits per heavy atom. The number of benzene rings is 1. The number of nitrogens with zero attached hydrogens (tertiary/aromatic N) is 4. The third-order valence-corrected chi connectivity index (χ3v) is 15.2. The molecule has 0 aromatic heterocycles. The van der Waals surface area contributed by atoms with Gasteiger partial charge in [-0.1, -0.05) is 0 Å². The predicted molar refractivity (Wildman–Crippen MR) is 398 cm³/mol. The van der Waals surface area contributed by atoms with Crippen LogP contribution in [-0.4, -0.2) is 467 Å². The van der Waals surface area contributed by atoms with Crippen LogP contribution in [0.25, 0.3) is 0 Å². The lowest BCUT2D eigenvalue weighted by Gasteiger charge is -2.32. The van der Waals surface area contributed by atoms with Crippen molar-refractivity contribution in [1.29, 1.82) is 0 Å². The molecular weight excluding hydrogens is 1550 g/mol. The second kappa shape index (κ2) is 80.2. The van der Waals surface area contributed by atoms with Crippen LogP contribution in [-0.2, 0) is 138 Å². The maximum atomic E-state index is 13.6. The largest absolute Gasteiger partial charge is 0.480 e. The Labute approximate surface area is 671 Å². The van der Waals surface area contributed by atoms with Crippen LogP contribution < -0.4 is 10.1 Å². The number of nitrogens with one attached hydrogen (secondary N) is 1. The summed E-state index contributed by atoms with van der Waals surface area (Å²) in [5.74, 6) is -12.9. The van der Waals surface area contributed by atoms with Gasteiger partial charge in [0.25, 0.3) is 0 Å². The molecule has 1 aromatic rings. The second-order valence-corrected chi connectivity index (χ2v) is 24.4. The number of carboxylic acids is 3. The molecule has 4 N–H and O–H groups in total. The van der Waals surface area contributed by atoms with E-state index in [9.17, 15) is 56.9 Å². The van der Waals surface area contributed by atoms with Crippen molar-refractivity contribution in [2.24, 2.45) is 0 Å². The van der Waals surface area contributed by atoms with Crippen LogP contribution >= 0.6 is 0 Å². The Kier molecular flexibility index (Phi) is 74.1. The number of hydrogen-bond acceptors (Lipinski definition) is 34. The number of rotatable bonds is 84. The molecule has 0 bridgehead atoms. The van der Waals surface area contributed by atoms with E-state index in [4.69, 9.17) is 114 Å². The van der Waals surface area contributed by atoms with E-state index in [1.807, 2.05) is 4.90 Å². The lowest BCUT2D eigenvalue weighted by molar-refractivity contribution is -0.140. The summed E-state index contributed by atoms with van der Waals surface area (Å²) in [5.41, 5.74) is 0. The highest BCUT2D eigenvalue weighted by Crippen LogP contribution is 2.27. The smallest absolute Gasteiger partial charge is 0.317 e. The molecule has 42 heteroatoms. The zero-order valence-corrected chi connectivity index (χ0v) is 66.8. The molecule has 115 heavy (non-hydrogen) atoms. The highest BCUT2D eigenvalue weighted by atomic mass is 19.2. The fraction of sp³-hybridized carbons (Fsp3) is 0.849. The van der Waals surface area contributed by atoms with Gasteiger partial charge in [0, 0.05) is 65.0 Å². The molecule has 672 valence electrons. The molecule has 0 atom stereocenters. The van der Waals surface area contributed by atoms with Gasteiger partial charge in [-0.15, -0.1) is 0 Å². The standard InChI is InChI=1S/C73H129F4N5O33/c74-64-59-65(75)72(77)73(71(64)76)115-70(90)1-11-91-13-15-93-17-19-95-21-23-97-25-27-99-29-31-101-33-35-103-37-39-105-41-43-107-45-47-109-49-51-111-53-55-113-57-58-114-56-54-112-52-50-110-48-46-108-44-42-106-40-38-104-36-34-102-32-30-100-28-26-98-24-22-96-20-18-94-16-14-92-12-2-78-66(83)60-79-3-5-80(61-67(84)85)7-9-82(63-69(88)89)10-8-81(6-4-79)62-68(86)87/h59H,1-58,60-63H2,(H,78,83)(H,84,85)(H,86,87)(H,88,89). The first-order valence-electron chi connectivity index (χ1n) is 39.0. The maximum Gasteiger partial charge on any atom is 0.317 e. The summed E-state index contributed by atoms with van der Waals surface area (Å²) in [6.45, 7) is 21.0. The number of hydrogen-bond donors (Lipinski definition) is 4. The first kappa shape index (κ1) is 106. The molecular formula is C73H129F4N5O33. The molecule has 1 fully saturated rings. The molecule has 0 radical (unpaired) electrons. The van der Waals surface area contributed by atoms with Gasteiger partial charge in [-0.2, -0.15) is 8.78 Å². The summed E-state index contributed by atoms with van der Waals surface area (Å²) in [4.78, 5) is 66.0. The van der Waals surface area contributed by atoms with Crippen molar-refractivity contribution in [3.63, 3.8) is 0 Å². The molecule has 38 nitrogen and oxygen atoms in total. The molecule has 1 saturated heterocycles. The number of carbonyl (C=O) groups is 5. The topological polar surface area (TPSA) is 402 Å². The number of esters is 1.